The number of hydrogen-bond acceptors (Lipinski definition) is 4. The third-order valence-electron chi connectivity index (χ3n) is 2.25. The van der Waals surface area contributed by atoms with Crippen LogP contribution in [0.25, 0.3) is 0 Å². The van der Waals surface area contributed by atoms with Crippen molar-refractivity contribution in [2.45, 2.75) is 45.9 Å². The van der Waals surface area contributed by atoms with E-state index in [1.807, 2.05) is 18.5 Å². The molecule has 2 N–H and O–H groups in total. The number of hydrogen-bond donors (Lipinski definition) is 2. The molecular weight excluding hydrogens is 192 g/mol. The van der Waals surface area contributed by atoms with Crippen LogP contribution < -0.4 is 5.32 Å². The summed E-state index contributed by atoms with van der Waals surface area (Å²) in [5.41, 5.74) is 0. The molecule has 0 aliphatic carbocycles. The molecule has 0 spiro atoms. The van der Waals surface area contributed by atoms with Crippen LogP contribution in [0.4, 0.5) is 0 Å². The second-order valence-electron chi connectivity index (χ2n) is 3.66. The molecule has 86 valence electrons. The summed E-state index contributed by atoms with van der Waals surface area (Å²) in [6.45, 7) is 6.36. The van der Waals surface area contributed by atoms with E-state index in [1.165, 1.54) is 0 Å². The van der Waals surface area contributed by atoms with E-state index >= 15 is 0 Å². The highest BCUT2D eigenvalue weighted by Gasteiger charge is 2.01. The van der Waals surface area contributed by atoms with Crippen molar-refractivity contribution >= 4 is 0 Å². The Morgan fingerprint density at radius 3 is 3.07 bits per heavy atom. The van der Waals surface area contributed by atoms with Gasteiger partial charge in [-0.15, -0.1) is 0 Å². The minimum absolute atomic E-state index is 0.203. The molecule has 1 aromatic heterocycles. The van der Waals surface area contributed by atoms with Crippen molar-refractivity contribution in [3.8, 4) is 0 Å². The van der Waals surface area contributed by atoms with Crippen molar-refractivity contribution in [3.63, 3.8) is 0 Å². The van der Waals surface area contributed by atoms with E-state index in [9.17, 15) is 0 Å². The molecule has 5 nitrogen and oxygen atoms in total. The number of aliphatic hydroxyl groups is 1. The van der Waals surface area contributed by atoms with Gasteiger partial charge in [0.05, 0.1) is 12.6 Å². The van der Waals surface area contributed by atoms with E-state index in [2.05, 4.69) is 15.4 Å². The maximum Gasteiger partial charge on any atom is 0.140 e. The Morgan fingerprint density at radius 2 is 2.40 bits per heavy atom. The molecular formula is C10H20N4O. The van der Waals surface area contributed by atoms with Gasteiger partial charge in [-0.1, -0.05) is 0 Å². The van der Waals surface area contributed by atoms with Crippen LogP contribution in [0.5, 0.6) is 0 Å². The van der Waals surface area contributed by atoms with Crippen LogP contribution in [-0.2, 0) is 13.1 Å². The average molecular weight is 212 g/mol. The van der Waals surface area contributed by atoms with Crippen molar-refractivity contribution in [2.24, 2.45) is 0 Å². The highest BCUT2D eigenvalue weighted by molar-refractivity contribution is 4.83. The lowest BCUT2D eigenvalue weighted by atomic mass is 10.2. The zero-order valence-electron chi connectivity index (χ0n) is 9.48. The van der Waals surface area contributed by atoms with Crippen molar-refractivity contribution in [1.82, 2.24) is 20.1 Å². The van der Waals surface area contributed by atoms with Gasteiger partial charge in [-0.3, -0.25) is 0 Å². The second kappa shape index (κ2) is 6.53. The van der Waals surface area contributed by atoms with Gasteiger partial charge in [-0.05, 0) is 33.2 Å². The van der Waals surface area contributed by atoms with Crippen LogP contribution in [-0.4, -0.2) is 32.5 Å². The predicted octanol–water partition coefficient (Wildman–Crippen LogP) is 0.549. The molecule has 0 radical (unpaired) electrons. The molecule has 1 unspecified atom stereocenters. The van der Waals surface area contributed by atoms with Gasteiger partial charge in [0.15, 0.2) is 0 Å². The standard InChI is InChI=1S/C10H20N4O/c1-3-14-10(12-8-13-14)7-11-6-4-5-9(2)15/h8-9,11,15H,3-7H2,1-2H3. The van der Waals surface area contributed by atoms with E-state index in [4.69, 9.17) is 5.11 Å². The maximum absolute atomic E-state index is 9.06. The maximum atomic E-state index is 9.06. The molecule has 0 aliphatic heterocycles. The van der Waals surface area contributed by atoms with Gasteiger partial charge in [-0.25, -0.2) is 9.67 Å². The zero-order valence-corrected chi connectivity index (χ0v) is 9.48. The minimum Gasteiger partial charge on any atom is -0.393 e. The molecule has 1 heterocycles. The first-order chi connectivity index (χ1) is 7.24. The van der Waals surface area contributed by atoms with E-state index in [0.29, 0.717) is 0 Å². The quantitative estimate of drug-likeness (QED) is 0.648. The lowest BCUT2D eigenvalue weighted by Gasteiger charge is -2.06. The molecule has 0 bridgehead atoms. The van der Waals surface area contributed by atoms with Crippen LogP contribution in [0, 0.1) is 0 Å². The fourth-order valence-corrected chi connectivity index (χ4v) is 1.41. The number of rotatable bonds is 7. The van der Waals surface area contributed by atoms with Gasteiger partial charge in [0.25, 0.3) is 0 Å². The molecule has 15 heavy (non-hydrogen) atoms. The number of nitrogens with zero attached hydrogens (tertiary/aromatic N) is 3. The Hall–Kier alpha value is -0.940. The largest absolute Gasteiger partial charge is 0.393 e. The molecule has 0 fully saturated rings. The van der Waals surface area contributed by atoms with Gasteiger partial charge < -0.3 is 10.4 Å². The lowest BCUT2D eigenvalue weighted by Crippen LogP contribution is -2.19. The van der Waals surface area contributed by atoms with Crippen molar-refractivity contribution in [2.75, 3.05) is 6.54 Å². The fraction of sp³-hybridized carbons (Fsp3) is 0.800. The Morgan fingerprint density at radius 1 is 1.60 bits per heavy atom. The van der Waals surface area contributed by atoms with E-state index in [0.717, 1.165) is 38.3 Å². The van der Waals surface area contributed by atoms with Crippen LogP contribution >= 0.6 is 0 Å². The van der Waals surface area contributed by atoms with Crippen molar-refractivity contribution in [3.05, 3.63) is 12.2 Å². The third-order valence-corrected chi connectivity index (χ3v) is 2.25. The monoisotopic (exact) mass is 212 g/mol. The third kappa shape index (κ3) is 4.40. The number of aryl methyl sites for hydroxylation is 1. The molecule has 1 atom stereocenters. The second-order valence-corrected chi connectivity index (χ2v) is 3.66. The number of aliphatic hydroxyl groups excluding tert-OH is 1. The summed E-state index contributed by atoms with van der Waals surface area (Å²) in [7, 11) is 0. The van der Waals surface area contributed by atoms with Gasteiger partial charge in [0, 0.05) is 6.54 Å². The van der Waals surface area contributed by atoms with Gasteiger partial charge in [0.1, 0.15) is 12.2 Å². The zero-order chi connectivity index (χ0) is 11.1. The number of nitrogens with one attached hydrogen (secondary N) is 1. The highest BCUT2D eigenvalue weighted by Crippen LogP contribution is 1.96. The normalized spacial score (nSPS) is 13.0. The molecule has 5 heteroatoms. The van der Waals surface area contributed by atoms with Gasteiger partial charge in [-0.2, -0.15) is 5.10 Å². The van der Waals surface area contributed by atoms with Gasteiger partial charge in [0.2, 0.25) is 0 Å². The minimum atomic E-state index is -0.203. The van der Waals surface area contributed by atoms with Gasteiger partial charge >= 0.3 is 0 Å². The smallest absolute Gasteiger partial charge is 0.140 e. The topological polar surface area (TPSA) is 63.0 Å². The molecule has 0 amide bonds. The molecule has 0 saturated carbocycles. The summed E-state index contributed by atoms with van der Waals surface area (Å²) in [6.07, 6.45) is 3.20. The van der Waals surface area contributed by atoms with Crippen molar-refractivity contribution in [1.29, 1.82) is 0 Å². The summed E-state index contributed by atoms with van der Waals surface area (Å²) >= 11 is 0. The number of aromatic nitrogens is 3. The fourth-order valence-electron chi connectivity index (χ4n) is 1.41. The summed E-state index contributed by atoms with van der Waals surface area (Å²) in [6, 6.07) is 0. The first-order valence-corrected chi connectivity index (χ1v) is 5.49. The molecule has 0 aromatic carbocycles. The van der Waals surface area contributed by atoms with E-state index in [1.54, 1.807) is 6.33 Å². The van der Waals surface area contributed by atoms with Crippen molar-refractivity contribution < 1.29 is 5.11 Å². The van der Waals surface area contributed by atoms with Crippen LogP contribution in [0.3, 0.4) is 0 Å². The molecule has 0 aliphatic rings. The van der Waals surface area contributed by atoms with E-state index in [-0.39, 0.29) is 6.10 Å². The summed E-state index contributed by atoms with van der Waals surface area (Å²) in [5, 5.41) is 16.4. The Labute approximate surface area is 90.5 Å². The lowest BCUT2D eigenvalue weighted by molar-refractivity contribution is 0.181. The predicted molar refractivity (Wildman–Crippen MR) is 58.3 cm³/mol. The highest BCUT2D eigenvalue weighted by atomic mass is 16.3. The summed E-state index contributed by atoms with van der Waals surface area (Å²) in [4.78, 5) is 4.16. The molecule has 1 rings (SSSR count). The summed E-state index contributed by atoms with van der Waals surface area (Å²) in [5.74, 6) is 0.967. The first-order valence-electron chi connectivity index (χ1n) is 5.49. The van der Waals surface area contributed by atoms with Crippen LogP contribution in [0.1, 0.15) is 32.5 Å². The molecule has 0 saturated heterocycles. The van der Waals surface area contributed by atoms with Crippen LogP contribution in [0.15, 0.2) is 6.33 Å². The van der Waals surface area contributed by atoms with Crippen LogP contribution in [0.2, 0.25) is 0 Å². The Kier molecular flexibility index (Phi) is 5.28. The Balaban J connectivity index is 2.15. The SMILES string of the molecule is CCn1ncnc1CNCCCC(C)O. The average Bonchev–Trinajstić information content (AvgIpc) is 2.64. The Bertz CT molecular complexity index is 272. The molecule has 1 aromatic rings. The first kappa shape index (κ1) is 12.1. The summed E-state index contributed by atoms with van der Waals surface area (Å²) < 4.78 is 1.88. The van der Waals surface area contributed by atoms with E-state index < -0.39 is 0 Å².